The van der Waals surface area contributed by atoms with Crippen LogP contribution < -0.4 is 0 Å². The first kappa shape index (κ1) is 61.1. The van der Waals surface area contributed by atoms with Crippen LogP contribution >= 0.6 is 0 Å². The molecule has 0 saturated heterocycles. The van der Waals surface area contributed by atoms with Crippen molar-refractivity contribution in [3.63, 3.8) is 0 Å². The van der Waals surface area contributed by atoms with E-state index in [2.05, 4.69) is 130 Å². The van der Waals surface area contributed by atoms with Crippen LogP contribution in [0.15, 0.2) is 109 Å². The summed E-state index contributed by atoms with van der Waals surface area (Å²) in [6, 6.07) is 0. The van der Waals surface area contributed by atoms with Gasteiger partial charge < -0.3 is 14.2 Å². The van der Waals surface area contributed by atoms with Gasteiger partial charge in [0.05, 0.1) is 0 Å². The van der Waals surface area contributed by atoms with E-state index in [-0.39, 0.29) is 31.1 Å². The predicted octanol–water partition coefficient (Wildman–Crippen LogP) is 17.5. The Morgan fingerprint density at radius 2 is 0.600 bits per heavy atom. The van der Waals surface area contributed by atoms with Gasteiger partial charge in [-0.2, -0.15) is 0 Å². The maximum atomic E-state index is 12.8. The molecule has 0 aliphatic heterocycles. The lowest BCUT2D eigenvalue weighted by molar-refractivity contribution is -0.167. The largest absolute Gasteiger partial charge is 0.462 e. The molecule has 0 aromatic carbocycles. The van der Waals surface area contributed by atoms with E-state index in [1.54, 1.807) is 0 Å². The summed E-state index contributed by atoms with van der Waals surface area (Å²) in [6.45, 7) is 6.33. The van der Waals surface area contributed by atoms with E-state index in [1.807, 2.05) is 0 Å². The van der Waals surface area contributed by atoms with E-state index in [4.69, 9.17) is 14.2 Å². The van der Waals surface area contributed by atoms with E-state index >= 15 is 0 Å². The highest BCUT2D eigenvalue weighted by Crippen LogP contribution is 2.13. The lowest BCUT2D eigenvalue weighted by Crippen LogP contribution is -2.30. The summed E-state index contributed by atoms with van der Waals surface area (Å²) >= 11 is 0. The minimum Gasteiger partial charge on any atom is -0.462 e. The van der Waals surface area contributed by atoms with Crippen molar-refractivity contribution in [3.8, 4) is 0 Å². The fourth-order valence-corrected chi connectivity index (χ4v) is 6.83. The van der Waals surface area contributed by atoms with Crippen molar-refractivity contribution in [3.05, 3.63) is 109 Å². The Morgan fingerprint density at radius 1 is 0.323 bits per heavy atom. The Kier molecular flexibility index (Phi) is 49.5. The van der Waals surface area contributed by atoms with Gasteiger partial charge >= 0.3 is 17.9 Å². The molecule has 6 heteroatoms. The standard InChI is InChI=1S/C59H96O6/c1-4-7-10-13-16-19-22-25-28-29-32-34-37-40-43-46-49-52-58(61)64-55-56(65-59(62)53-50-47-44-41-38-35-31-27-24-21-18-15-12-9-6-3)54-63-57(60)51-48-45-42-39-36-33-30-26-23-20-17-14-11-8-5-2/h8-9,11-12,16-21,25-28,30-32,34,56H,4-7,10,13-15,22-24,29,33,35-55H2,1-3H3/b11-8-,12-9-,19-16-,20-17-,21-18-,28-25-,30-26-,31-27-,34-32-/t56-/m1/s1. The Balaban J connectivity index is 4.50. The number of carbonyl (C=O) groups is 3. The van der Waals surface area contributed by atoms with Gasteiger partial charge in [-0.1, -0.05) is 194 Å². The molecule has 0 amide bonds. The number of unbranched alkanes of at least 4 members (excludes halogenated alkanes) is 17. The SMILES string of the molecule is CC/C=C\C/C=C\C/C=C\CCCCCCCC(=O)OC[C@H](COC(=O)CCCCCC/C=C\C/C=C\C/C=C\CCCCC)OC(=O)CCCCCCC/C=C\C/C=C\C/C=C\CC. The van der Waals surface area contributed by atoms with E-state index in [9.17, 15) is 14.4 Å². The first-order valence-electron chi connectivity index (χ1n) is 26.4. The van der Waals surface area contributed by atoms with Crippen molar-refractivity contribution < 1.29 is 28.6 Å². The predicted molar refractivity (Wildman–Crippen MR) is 279 cm³/mol. The van der Waals surface area contributed by atoms with Crippen LogP contribution in [-0.4, -0.2) is 37.2 Å². The molecule has 6 nitrogen and oxygen atoms in total. The number of rotatable bonds is 46. The monoisotopic (exact) mass is 901 g/mol. The van der Waals surface area contributed by atoms with Gasteiger partial charge in [0.25, 0.3) is 0 Å². The third-order valence-corrected chi connectivity index (χ3v) is 10.7. The highest BCUT2D eigenvalue weighted by Gasteiger charge is 2.19. The summed E-state index contributed by atoms with van der Waals surface area (Å²) < 4.78 is 16.8. The van der Waals surface area contributed by atoms with Crippen molar-refractivity contribution in [1.29, 1.82) is 0 Å². The summed E-state index contributed by atoms with van der Waals surface area (Å²) in [5.74, 6) is -0.962. The van der Waals surface area contributed by atoms with Gasteiger partial charge in [0.15, 0.2) is 6.10 Å². The molecule has 0 rings (SSSR count). The molecule has 0 spiro atoms. The smallest absolute Gasteiger partial charge is 0.306 e. The molecule has 0 aromatic rings. The van der Waals surface area contributed by atoms with Crippen LogP contribution in [0.5, 0.6) is 0 Å². The average molecular weight is 901 g/mol. The second-order valence-corrected chi connectivity index (χ2v) is 17.0. The van der Waals surface area contributed by atoms with Gasteiger partial charge in [-0.05, 0) is 122 Å². The molecule has 368 valence electrons. The first-order valence-corrected chi connectivity index (χ1v) is 26.4. The number of ether oxygens (including phenoxy) is 3. The Hall–Kier alpha value is -3.93. The molecule has 1 atom stereocenters. The Labute approximate surface area is 400 Å². The average Bonchev–Trinajstić information content (AvgIpc) is 3.30. The van der Waals surface area contributed by atoms with E-state index < -0.39 is 6.10 Å². The molecule has 0 fully saturated rings. The zero-order chi connectivity index (χ0) is 47.2. The summed E-state index contributed by atoms with van der Waals surface area (Å²) in [4.78, 5) is 38.0. The summed E-state index contributed by atoms with van der Waals surface area (Å²) in [7, 11) is 0. The highest BCUT2D eigenvalue weighted by atomic mass is 16.6. The van der Waals surface area contributed by atoms with E-state index in [0.29, 0.717) is 19.3 Å². The zero-order valence-electron chi connectivity index (χ0n) is 42.0. The maximum absolute atomic E-state index is 12.8. The third kappa shape index (κ3) is 50.9. The van der Waals surface area contributed by atoms with Gasteiger partial charge in [0, 0.05) is 19.3 Å². The van der Waals surface area contributed by atoms with Crippen LogP contribution in [0.25, 0.3) is 0 Å². The number of hydrogen-bond acceptors (Lipinski definition) is 6. The molecule has 0 bridgehead atoms. The maximum Gasteiger partial charge on any atom is 0.306 e. The van der Waals surface area contributed by atoms with Crippen molar-refractivity contribution in [1.82, 2.24) is 0 Å². The van der Waals surface area contributed by atoms with Gasteiger partial charge in [-0.15, -0.1) is 0 Å². The fraction of sp³-hybridized carbons (Fsp3) is 0.644. The minimum absolute atomic E-state index is 0.104. The molecular formula is C59H96O6. The van der Waals surface area contributed by atoms with Crippen LogP contribution in [0.1, 0.15) is 226 Å². The van der Waals surface area contributed by atoms with Crippen LogP contribution in [-0.2, 0) is 28.6 Å². The molecule has 0 aliphatic carbocycles. The van der Waals surface area contributed by atoms with Crippen LogP contribution in [0.3, 0.4) is 0 Å². The van der Waals surface area contributed by atoms with Gasteiger partial charge in [0.2, 0.25) is 0 Å². The van der Waals surface area contributed by atoms with Crippen molar-refractivity contribution >= 4 is 17.9 Å². The molecule has 0 N–H and O–H groups in total. The molecule has 0 saturated carbocycles. The topological polar surface area (TPSA) is 78.9 Å². The first-order chi connectivity index (χ1) is 32.0. The number of carbonyl (C=O) groups excluding carboxylic acids is 3. The van der Waals surface area contributed by atoms with Crippen LogP contribution in [0.4, 0.5) is 0 Å². The van der Waals surface area contributed by atoms with E-state index in [1.165, 1.54) is 25.7 Å². The van der Waals surface area contributed by atoms with Gasteiger partial charge in [0.1, 0.15) is 13.2 Å². The second kappa shape index (κ2) is 52.7. The number of hydrogen-bond donors (Lipinski definition) is 0. The minimum atomic E-state index is -0.806. The molecule has 0 aliphatic rings. The van der Waals surface area contributed by atoms with Crippen molar-refractivity contribution in [2.45, 2.75) is 232 Å². The normalized spacial score (nSPS) is 13.0. The number of allylic oxidation sites excluding steroid dienone is 18. The number of esters is 3. The Bertz CT molecular complexity index is 1360. The van der Waals surface area contributed by atoms with Gasteiger partial charge in [-0.3, -0.25) is 14.4 Å². The molecule has 0 radical (unpaired) electrons. The molecule has 0 heterocycles. The van der Waals surface area contributed by atoms with E-state index in [0.717, 1.165) is 161 Å². The lowest BCUT2D eigenvalue weighted by Gasteiger charge is -2.18. The quantitative estimate of drug-likeness (QED) is 0.0262. The van der Waals surface area contributed by atoms with Crippen molar-refractivity contribution in [2.24, 2.45) is 0 Å². The highest BCUT2D eigenvalue weighted by molar-refractivity contribution is 5.71. The summed E-state index contributed by atoms with van der Waals surface area (Å²) in [5.41, 5.74) is 0. The summed E-state index contributed by atoms with van der Waals surface area (Å²) in [5, 5.41) is 0. The molecular weight excluding hydrogens is 805 g/mol. The fourth-order valence-electron chi connectivity index (χ4n) is 6.83. The lowest BCUT2D eigenvalue weighted by atomic mass is 10.1. The molecule has 0 unspecified atom stereocenters. The molecule has 0 aromatic heterocycles. The van der Waals surface area contributed by atoms with Gasteiger partial charge in [-0.25, -0.2) is 0 Å². The third-order valence-electron chi connectivity index (χ3n) is 10.7. The zero-order valence-corrected chi connectivity index (χ0v) is 42.0. The van der Waals surface area contributed by atoms with Crippen molar-refractivity contribution in [2.75, 3.05) is 13.2 Å². The Morgan fingerprint density at radius 3 is 0.938 bits per heavy atom. The second-order valence-electron chi connectivity index (χ2n) is 17.0. The summed E-state index contributed by atoms with van der Waals surface area (Å²) in [6.07, 6.45) is 70.7. The van der Waals surface area contributed by atoms with Crippen LogP contribution in [0.2, 0.25) is 0 Å². The van der Waals surface area contributed by atoms with Crippen LogP contribution in [0, 0.1) is 0 Å². The molecule has 65 heavy (non-hydrogen) atoms.